The second-order valence-corrected chi connectivity index (χ2v) is 3.45. The molecule has 1 atom stereocenters. The van der Waals surface area contributed by atoms with Crippen LogP contribution in [0, 0.1) is 5.92 Å². The van der Waals surface area contributed by atoms with E-state index in [9.17, 15) is 4.79 Å². The Morgan fingerprint density at radius 1 is 1.33 bits per heavy atom. The number of rotatable bonds is 6. The average molecular weight is 172 g/mol. The molecule has 12 heavy (non-hydrogen) atoms. The fraction of sp³-hybridized carbons (Fsp3) is 0.889. The van der Waals surface area contributed by atoms with Gasteiger partial charge in [0.25, 0.3) is 0 Å². The van der Waals surface area contributed by atoms with Crippen LogP contribution in [0.4, 0.5) is 0 Å². The first-order valence-electron chi connectivity index (χ1n) is 4.59. The van der Waals surface area contributed by atoms with Crippen molar-refractivity contribution in [2.45, 2.75) is 39.2 Å². The summed E-state index contributed by atoms with van der Waals surface area (Å²) < 4.78 is 0. The Hall–Kier alpha value is -0.410. The highest BCUT2D eigenvalue weighted by Gasteiger charge is 2.15. The number of nitrogens with two attached hydrogens (primary N) is 2. The molecule has 0 aromatic heterocycles. The first-order chi connectivity index (χ1) is 5.59. The first-order valence-corrected chi connectivity index (χ1v) is 4.59. The average Bonchev–Trinajstić information content (AvgIpc) is 2.03. The molecule has 0 aliphatic rings. The Morgan fingerprint density at radius 2 is 1.92 bits per heavy atom. The van der Waals surface area contributed by atoms with Crippen LogP contribution in [-0.2, 0) is 4.79 Å². The van der Waals surface area contributed by atoms with Gasteiger partial charge in [-0.15, -0.1) is 0 Å². The number of hydrogen-bond donors (Lipinski definition) is 2. The molecule has 0 saturated heterocycles. The lowest BCUT2D eigenvalue weighted by molar-refractivity contribution is -0.123. The van der Waals surface area contributed by atoms with Crippen molar-refractivity contribution in [1.29, 1.82) is 0 Å². The second kappa shape index (κ2) is 6.14. The third-order valence-electron chi connectivity index (χ3n) is 1.90. The third kappa shape index (κ3) is 4.46. The minimum Gasteiger partial charge on any atom is -0.330 e. The molecule has 0 aromatic rings. The van der Waals surface area contributed by atoms with Gasteiger partial charge in [0.05, 0.1) is 6.04 Å². The lowest BCUT2D eigenvalue weighted by Gasteiger charge is -2.12. The Morgan fingerprint density at radius 3 is 2.33 bits per heavy atom. The Labute approximate surface area is 74.5 Å². The van der Waals surface area contributed by atoms with Gasteiger partial charge in [-0.1, -0.05) is 20.3 Å². The Balaban J connectivity index is 3.57. The number of carbonyl (C=O) groups is 1. The predicted octanol–water partition coefficient (Wildman–Crippen LogP) is 0.668. The van der Waals surface area contributed by atoms with E-state index < -0.39 is 0 Å². The maximum absolute atomic E-state index is 11.3. The molecule has 0 heterocycles. The fourth-order valence-electron chi connectivity index (χ4n) is 1.08. The maximum atomic E-state index is 11.3. The van der Waals surface area contributed by atoms with Gasteiger partial charge in [0.15, 0.2) is 5.78 Å². The molecule has 4 N–H and O–H groups in total. The minimum absolute atomic E-state index is 0.0536. The SMILES string of the molecule is CC(C)C(=O)[C@H](N)CCCCN. The van der Waals surface area contributed by atoms with E-state index in [0.717, 1.165) is 19.3 Å². The van der Waals surface area contributed by atoms with Crippen LogP contribution >= 0.6 is 0 Å². The first kappa shape index (κ1) is 11.6. The monoisotopic (exact) mass is 172 g/mol. The van der Waals surface area contributed by atoms with Crippen LogP contribution in [0.3, 0.4) is 0 Å². The molecule has 0 fully saturated rings. The number of ketones is 1. The van der Waals surface area contributed by atoms with Crippen LogP contribution in [0.2, 0.25) is 0 Å². The highest BCUT2D eigenvalue weighted by molar-refractivity contribution is 5.85. The van der Waals surface area contributed by atoms with Crippen LogP contribution < -0.4 is 11.5 Å². The summed E-state index contributed by atoms with van der Waals surface area (Å²) >= 11 is 0. The predicted molar refractivity (Wildman–Crippen MR) is 50.7 cm³/mol. The summed E-state index contributed by atoms with van der Waals surface area (Å²) in [5.74, 6) is 0.213. The van der Waals surface area contributed by atoms with Crippen molar-refractivity contribution in [2.75, 3.05) is 6.54 Å². The fourth-order valence-corrected chi connectivity index (χ4v) is 1.08. The van der Waals surface area contributed by atoms with Crippen molar-refractivity contribution in [3.05, 3.63) is 0 Å². The van der Waals surface area contributed by atoms with Crippen LogP contribution in [0.25, 0.3) is 0 Å². The highest BCUT2D eigenvalue weighted by atomic mass is 16.1. The molecule has 0 spiro atoms. The molecule has 72 valence electrons. The molecule has 0 aliphatic carbocycles. The van der Waals surface area contributed by atoms with E-state index in [-0.39, 0.29) is 17.7 Å². The summed E-state index contributed by atoms with van der Waals surface area (Å²) in [7, 11) is 0. The van der Waals surface area contributed by atoms with Crippen LogP contribution in [0.1, 0.15) is 33.1 Å². The van der Waals surface area contributed by atoms with Gasteiger partial charge in [-0.2, -0.15) is 0 Å². The maximum Gasteiger partial charge on any atom is 0.152 e. The van der Waals surface area contributed by atoms with Crippen molar-refractivity contribution in [3.8, 4) is 0 Å². The van der Waals surface area contributed by atoms with E-state index in [1.54, 1.807) is 0 Å². The highest BCUT2D eigenvalue weighted by Crippen LogP contribution is 2.04. The Bertz CT molecular complexity index is 134. The normalized spacial score (nSPS) is 13.4. The summed E-state index contributed by atoms with van der Waals surface area (Å²) in [6, 6.07) is -0.281. The lowest BCUT2D eigenvalue weighted by atomic mass is 9.98. The zero-order valence-corrected chi connectivity index (χ0v) is 8.05. The molecule has 0 radical (unpaired) electrons. The second-order valence-electron chi connectivity index (χ2n) is 3.45. The van der Waals surface area contributed by atoms with Gasteiger partial charge < -0.3 is 11.5 Å². The molecule has 0 saturated carbocycles. The smallest absolute Gasteiger partial charge is 0.152 e. The zero-order valence-electron chi connectivity index (χ0n) is 8.05. The number of Topliss-reactive ketones (excluding diaryl/α,β-unsaturated/α-hetero) is 1. The number of unbranched alkanes of at least 4 members (excludes halogenated alkanes) is 1. The molecule has 3 nitrogen and oxygen atoms in total. The summed E-state index contributed by atoms with van der Waals surface area (Å²) in [6.07, 6.45) is 2.68. The van der Waals surface area contributed by atoms with Crippen molar-refractivity contribution in [3.63, 3.8) is 0 Å². The standard InChI is InChI=1S/C9H20N2O/c1-7(2)9(12)8(11)5-3-4-6-10/h7-8H,3-6,10-11H2,1-2H3/t8-/m1/s1. The van der Waals surface area contributed by atoms with E-state index in [1.807, 2.05) is 13.8 Å². The van der Waals surface area contributed by atoms with Gasteiger partial charge in [0, 0.05) is 5.92 Å². The quantitative estimate of drug-likeness (QED) is 0.578. The number of hydrogen-bond acceptors (Lipinski definition) is 3. The summed E-state index contributed by atoms with van der Waals surface area (Å²) in [5, 5.41) is 0. The van der Waals surface area contributed by atoms with Gasteiger partial charge in [-0.05, 0) is 19.4 Å². The lowest BCUT2D eigenvalue weighted by Crippen LogP contribution is -2.33. The molecule has 0 rings (SSSR count). The van der Waals surface area contributed by atoms with E-state index in [0.29, 0.717) is 6.54 Å². The molecule has 0 aliphatic heterocycles. The summed E-state index contributed by atoms with van der Waals surface area (Å²) in [5.41, 5.74) is 11.0. The molecule has 0 bridgehead atoms. The molecule has 3 heteroatoms. The van der Waals surface area contributed by atoms with Gasteiger partial charge >= 0.3 is 0 Å². The molecule has 0 aromatic carbocycles. The largest absolute Gasteiger partial charge is 0.330 e. The molecular formula is C9H20N2O. The van der Waals surface area contributed by atoms with Gasteiger partial charge in [0.1, 0.15) is 0 Å². The van der Waals surface area contributed by atoms with Gasteiger partial charge in [-0.25, -0.2) is 0 Å². The van der Waals surface area contributed by atoms with Crippen LogP contribution in [0.5, 0.6) is 0 Å². The van der Waals surface area contributed by atoms with Crippen LogP contribution in [-0.4, -0.2) is 18.4 Å². The molecule has 0 unspecified atom stereocenters. The van der Waals surface area contributed by atoms with E-state index in [2.05, 4.69) is 0 Å². The minimum atomic E-state index is -0.281. The third-order valence-corrected chi connectivity index (χ3v) is 1.90. The van der Waals surface area contributed by atoms with Crippen LogP contribution in [0.15, 0.2) is 0 Å². The van der Waals surface area contributed by atoms with E-state index in [1.165, 1.54) is 0 Å². The van der Waals surface area contributed by atoms with Crippen molar-refractivity contribution in [2.24, 2.45) is 17.4 Å². The molecular weight excluding hydrogens is 152 g/mol. The van der Waals surface area contributed by atoms with Crippen molar-refractivity contribution >= 4 is 5.78 Å². The van der Waals surface area contributed by atoms with Crippen molar-refractivity contribution in [1.82, 2.24) is 0 Å². The van der Waals surface area contributed by atoms with E-state index in [4.69, 9.17) is 11.5 Å². The zero-order chi connectivity index (χ0) is 9.56. The number of carbonyl (C=O) groups excluding carboxylic acids is 1. The van der Waals surface area contributed by atoms with Gasteiger partial charge in [0.2, 0.25) is 0 Å². The van der Waals surface area contributed by atoms with Crippen molar-refractivity contribution < 1.29 is 4.79 Å². The van der Waals surface area contributed by atoms with Gasteiger partial charge in [-0.3, -0.25) is 4.79 Å². The summed E-state index contributed by atoms with van der Waals surface area (Å²) in [4.78, 5) is 11.3. The molecule has 0 amide bonds. The Kier molecular flexibility index (Phi) is 5.93. The van der Waals surface area contributed by atoms with E-state index >= 15 is 0 Å². The summed E-state index contributed by atoms with van der Waals surface area (Å²) in [6.45, 7) is 4.44. The topological polar surface area (TPSA) is 69.1 Å².